The van der Waals surface area contributed by atoms with Gasteiger partial charge in [0.25, 0.3) is 0 Å². The maximum absolute atomic E-state index is 11.8. The molecule has 0 spiro atoms. The molecule has 1 fully saturated rings. The number of carbonyl (C=O) groups is 2. The molecule has 3 amide bonds. The molecule has 1 atom stereocenters. The number of amides is 3. The zero-order valence-electron chi connectivity index (χ0n) is 11.6. The lowest BCUT2D eigenvalue weighted by Gasteiger charge is -2.14. The summed E-state index contributed by atoms with van der Waals surface area (Å²) in [6.45, 7) is 3.11. The number of benzene rings is 1. The summed E-state index contributed by atoms with van der Waals surface area (Å²) in [5.74, 6) is -0.0307. The first kappa shape index (κ1) is 14.8. The van der Waals surface area contributed by atoms with Gasteiger partial charge in [-0.1, -0.05) is 34.1 Å². The number of nitrogens with one attached hydrogen (secondary N) is 2. The van der Waals surface area contributed by atoms with Crippen LogP contribution in [0.15, 0.2) is 22.7 Å². The van der Waals surface area contributed by atoms with Crippen LogP contribution in [0.4, 0.5) is 4.79 Å². The highest BCUT2D eigenvalue weighted by atomic mass is 79.9. The average Bonchev–Trinajstić information content (AvgIpc) is 2.72. The van der Waals surface area contributed by atoms with Crippen molar-refractivity contribution in [2.24, 2.45) is 0 Å². The number of likely N-dealkylation sites (tertiary alicyclic amines) is 1. The smallest absolute Gasteiger partial charge is 0.315 e. The predicted molar refractivity (Wildman–Crippen MR) is 80.3 cm³/mol. The van der Waals surface area contributed by atoms with Crippen LogP contribution >= 0.6 is 15.9 Å². The monoisotopic (exact) mass is 339 g/mol. The maximum atomic E-state index is 11.8. The van der Waals surface area contributed by atoms with Crippen molar-refractivity contribution in [1.82, 2.24) is 15.5 Å². The van der Waals surface area contributed by atoms with Crippen LogP contribution in [0, 0.1) is 6.92 Å². The molecule has 0 bridgehead atoms. The molecular formula is C14H18BrN3O2. The van der Waals surface area contributed by atoms with Crippen LogP contribution in [0.1, 0.15) is 17.5 Å². The molecule has 20 heavy (non-hydrogen) atoms. The quantitative estimate of drug-likeness (QED) is 0.881. The van der Waals surface area contributed by atoms with Gasteiger partial charge < -0.3 is 15.5 Å². The second-order valence-electron chi connectivity index (χ2n) is 4.98. The van der Waals surface area contributed by atoms with Crippen LogP contribution in [0.2, 0.25) is 0 Å². The molecule has 0 radical (unpaired) electrons. The third-order valence-electron chi connectivity index (χ3n) is 3.44. The molecule has 1 saturated heterocycles. The van der Waals surface area contributed by atoms with Crippen LogP contribution in [0.3, 0.4) is 0 Å². The maximum Gasteiger partial charge on any atom is 0.315 e. The molecule has 1 aliphatic heterocycles. The van der Waals surface area contributed by atoms with Crippen LogP contribution in [-0.4, -0.2) is 36.5 Å². The average molecular weight is 340 g/mol. The number of aryl methyl sites for hydroxylation is 1. The van der Waals surface area contributed by atoms with Crippen LogP contribution in [-0.2, 0) is 11.3 Å². The first-order valence-electron chi connectivity index (χ1n) is 6.52. The molecule has 1 heterocycles. The minimum absolute atomic E-state index is 0.0307. The number of urea groups is 1. The van der Waals surface area contributed by atoms with Gasteiger partial charge in [0.15, 0.2) is 0 Å². The minimum atomic E-state index is -0.402. The van der Waals surface area contributed by atoms with Gasteiger partial charge in [0.2, 0.25) is 5.91 Å². The molecule has 6 heteroatoms. The van der Waals surface area contributed by atoms with Crippen LogP contribution in [0.5, 0.6) is 0 Å². The number of hydrogen-bond donors (Lipinski definition) is 2. The van der Waals surface area contributed by atoms with Crippen LogP contribution < -0.4 is 10.6 Å². The Balaban J connectivity index is 1.87. The van der Waals surface area contributed by atoms with Crippen molar-refractivity contribution in [3.8, 4) is 0 Å². The zero-order valence-corrected chi connectivity index (χ0v) is 13.2. The summed E-state index contributed by atoms with van der Waals surface area (Å²) < 4.78 is 0.997. The number of nitrogens with zero attached hydrogens (tertiary/aromatic N) is 1. The lowest BCUT2D eigenvalue weighted by atomic mass is 10.1. The van der Waals surface area contributed by atoms with E-state index in [1.54, 1.807) is 11.9 Å². The summed E-state index contributed by atoms with van der Waals surface area (Å²) in [5.41, 5.74) is 2.13. The fourth-order valence-electron chi connectivity index (χ4n) is 2.19. The third-order valence-corrected chi connectivity index (χ3v) is 4.58. The van der Waals surface area contributed by atoms with E-state index in [2.05, 4.69) is 26.6 Å². The number of likely N-dealkylation sites (N-methyl/N-ethyl adjacent to an activating group) is 1. The molecule has 2 rings (SSSR count). The van der Waals surface area contributed by atoms with Gasteiger partial charge in [0, 0.05) is 24.6 Å². The van der Waals surface area contributed by atoms with Crippen molar-refractivity contribution >= 4 is 27.9 Å². The number of rotatable bonds is 3. The first-order valence-corrected chi connectivity index (χ1v) is 7.31. The van der Waals surface area contributed by atoms with Gasteiger partial charge in [0.1, 0.15) is 6.04 Å². The molecule has 0 aliphatic carbocycles. The van der Waals surface area contributed by atoms with E-state index in [0.717, 1.165) is 15.6 Å². The molecule has 1 aliphatic rings. The topological polar surface area (TPSA) is 61.4 Å². The van der Waals surface area contributed by atoms with E-state index in [9.17, 15) is 9.59 Å². The van der Waals surface area contributed by atoms with Gasteiger partial charge in [-0.3, -0.25) is 4.79 Å². The largest absolute Gasteiger partial charge is 0.344 e. The van der Waals surface area contributed by atoms with E-state index in [-0.39, 0.29) is 11.9 Å². The Morgan fingerprint density at radius 2 is 2.25 bits per heavy atom. The molecule has 1 aromatic rings. The van der Waals surface area contributed by atoms with Crippen molar-refractivity contribution in [3.63, 3.8) is 0 Å². The molecule has 2 N–H and O–H groups in total. The Morgan fingerprint density at radius 3 is 2.90 bits per heavy atom. The van der Waals surface area contributed by atoms with E-state index in [1.807, 2.05) is 25.1 Å². The van der Waals surface area contributed by atoms with Gasteiger partial charge in [-0.15, -0.1) is 0 Å². The van der Waals surface area contributed by atoms with Crippen molar-refractivity contribution < 1.29 is 9.59 Å². The Hall–Kier alpha value is -1.56. The lowest BCUT2D eigenvalue weighted by Crippen LogP contribution is -2.45. The molecule has 108 valence electrons. The van der Waals surface area contributed by atoms with E-state index >= 15 is 0 Å². The summed E-state index contributed by atoms with van der Waals surface area (Å²) in [4.78, 5) is 25.1. The lowest BCUT2D eigenvalue weighted by molar-refractivity contribution is -0.128. The zero-order chi connectivity index (χ0) is 14.7. The molecule has 5 nitrogen and oxygen atoms in total. The third kappa shape index (κ3) is 3.30. The number of carbonyl (C=O) groups excluding carboxylic acids is 2. The highest BCUT2D eigenvalue weighted by Gasteiger charge is 2.30. The predicted octanol–water partition coefficient (Wildman–Crippen LogP) is 1.79. The fraction of sp³-hybridized carbons (Fsp3) is 0.429. The molecular weight excluding hydrogens is 322 g/mol. The Labute approximate surface area is 126 Å². The van der Waals surface area contributed by atoms with Crippen molar-refractivity contribution in [2.75, 3.05) is 13.6 Å². The Morgan fingerprint density at radius 1 is 1.50 bits per heavy atom. The highest BCUT2D eigenvalue weighted by Crippen LogP contribution is 2.20. The highest BCUT2D eigenvalue weighted by molar-refractivity contribution is 9.10. The second kappa shape index (κ2) is 6.26. The molecule has 1 aromatic carbocycles. The minimum Gasteiger partial charge on any atom is -0.344 e. The van der Waals surface area contributed by atoms with Crippen molar-refractivity contribution in [1.29, 1.82) is 0 Å². The van der Waals surface area contributed by atoms with Crippen molar-refractivity contribution in [2.45, 2.75) is 25.9 Å². The van der Waals surface area contributed by atoms with E-state index in [1.165, 1.54) is 0 Å². The van der Waals surface area contributed by atoms with E-state index in [0.29, 0.717) is 19.5 Å². The molecule has 1 unspecified atom stereocenters. The Bertz CT molecular complexity index is 533. The summed E-state index contributed by atoms with van der Waals surface area (Å²) in [5, 5.41) is 5.49. The normalized spacial score (nSPS) is 18.2. The number of halogens is 1. The molecule has 0 saturated carbocycles. The van der Waals surface area contributed by atoms with Crippen LogP contribution in [0.25, 0.3) is 0 Å². The van der Waals surface area contributed by atoms with Gasteiger partial charge >= 0.3 is 6.03 Å². The Kier molecular flexibility index (Phi) is 4.65. The number of hydrogen-bond acceptors (Lipinski definition) is 2. The fourth-order valence-corrected chi connectivity index (χ4v) is 2.59. The van der Waals surface area contributed by atoms with E-state index in [4.69, 9.17) is 0 Å². The first-order chi connectivity index (χ1) is 9.49. The summed E-state index contributed by atoms with van der Waals surface area (Å²) >= 11 is 3.50. The van der Waals surface area contributed by atoms with Gasteiger partial charge in [-0.25, -0.2) is 4.79 Å². The summed E-state index contributed by atoms with van der Waals surface area (Å²) in [6.07, 6.45) is 0.664. The van der Waals surface area contributed by atoms with E-state index < -0.39 is 6.04 Å². The van der Waals surface area contributed by atoms with Gasteiger partial charge in [0.05, 0.1) is 0 Å². The molecule has 0 aromatic heterocycles. The standard InChI is InChI=1S/C14H18BrN3O2/c1-9-4-3-5-10(12(9)15)8-16-14(20)17-11-6-7-18(2)13(11)19/h3-5,11H,6-8H2,1-2H3,(H2,16,17,20). The van der Waals surface area contributed by atoms with Gasteiger partial charge in [-0.2, -0.15) is 0 Å². The van der Waals surface area contributed by atoms with Gasteiger partial charge in [-0.05, 0) is 24.5 Å². The van der Waals surface area contributed by atoms with Crippen molar-refractivity contribution in [3.05, 3.63) is 33.8 Å². The summed E-state index contributed by atoms with van der Waals surface area (Å²) in [6, 6.07) is 5.19. The second-order valence-corrected chi connectivity index (χ2v) is 5.77. The summed E-state index contributed by atoms with van der Waals surface area (Å²) in [7, 11) is 1.74. The SMILES string of the molecule is Cc1cccc(CNC(=O)NC2CCN(C)C2=O)c1Br.